The fraction of sp³-hybridized carbons (Fsp3) is 0.192. The summed E-state index contributed by atoms with van der Waals surface area (Å²) in [6.07, 6.45) is -6.80. The minimum Gasteiger partial charge on any atom is -0.382 e. The van der Waals surface area contributed by atoms with Gasteiger partial charge in [-0.2, -0.15) is 0 Å². The summed E-state index contributed by atoms with van der Waals surface area (Å²) in [5, 5.41) is 44.8. The van der Waals surface area contributed by atoms with Gasteiger partial charge < -0.3 is 25.2 Å². The first-order valence-electron chi connectivity index (χ1n) is 10.5. The Morgan fingerprint density at radius 1 is 0.676 bits per heavy atom. The Hall–Kier alpha value is -3.53. The monoisotopic (exact) mass is 462 g/mol. The van der Waals surface area contributed by atoms with Gasteiger partial charge in [-0.1, -0.05) is 91.0 Å². The third-order valence-electron chi connectivity index (χ3n) is 6.00. The van der Waals surface area contributed by atoms with Crippen molar-refractivity contribution in [3.8, 4) is 0 Å². The van der Waals surface area contributed by atoms with E-state index in [1.807, 2.05) is 0 Å². The first kappa shape index (κ1) is 23.6. The zero-order valence-electron chi connectivity index (χ0n) is 17.8. The van der Waals surface area contributed by atoms with E-state index in [9.17, 15) is 34.8 Å². The summed E-state index contributed by atoms with van der Waals surface area (Å²) in [5.41, 5.74) is -6.68. The molecule has 1 aliphatic rings. The molecule has 1 fully saturated rings. The van der Waals surface area contributed by atoms with Crippen LogP contribution in [0.25, 0.3) is 0 Å². The van der Waals surface area contributed by atoms with Crippen molar-refractivity contribution >= 4 is 17.3 Å². The van der Waals surface area contributed by atoms with E-state index in [2.05, 4.69) is 0 Å². The van der Waals surface area contributed by atoms with Crippen molar-refractivity contribution in [2.24, 2.45) is 0 Å². The van der Waals surface area contributed by atoms with E-state index in [0.29, 0.717) is 0 Å². The minimum atomic E-state index is -3.23. The van der Waals surface area contributed by atoms with Gasteiger partial charge in [0.1, 0.15) is 12.2 Å². The first-order chi connectivity index (χ1) is 16.2. The number of ether oxygens (including phenoxy) is 1. The molecule has 4 rings (SSSR count). The summed E-state index contributed by atoms with van der Waals surface area (Å²) in [6.45, 7) is 0. The van der Waals surface area contributed by atoms with Gasteiger partial charge in [-0.25, -0.2) is 0 Å². The molecule has 1 saturated heterocycles. The van der Waals surface area contributed by atoms with Crippen LogP contribution in [-0.2, 0) is 4.74 Å². The highest BCUT2D eigenvalue weighted by molar-refractivity contribution is 6.14. The molecule has 5 atom stereocenters. The predicted molar refractivity (Wildman–Crippen MR) is 119 cm³/mol. The largest absolute Gasteiger partial charge is 0.382 e. The number of rotatable bonds is 7. The van der Waals surface area contributed by atoms with Crippen molar-refractivity contribution in [2.75, 3.05) is 0 Å². The van der Waals surface area contributed by atoms with E-state index >= 15 is 0 Å². The molecule has 8 heteroatoms. The topological polar surface area (TPSA) is 141 Å². The highest BCUT2D eigenvalue weighted by atomic mass is 16.7. The molecule has 0 spiro atoms. The van der Waals surface area contributed by atoms with Gasteiger partial charge in [-0.3, -0.25) is 14.4 Å². The quantitative estimate of drug-likeness (QED) is 0.384. The summed E-state index contributed by atoms with van der Waals surface area (Å²) in [6, 6.07) is 22.0. The molecule has 1 aliphatic heterocycles. The van der Waals surface area contributed by atoms with Crippen LogP contribution in [0.3, 0.4) is 0 Å². The molecule has 0 aromatic heterocycles. The summed E-state index contributed by atoms with van der Waals surface area (Å²) < 4.78 is 5.23. The molecule has 0 saturated carbocycles. The van der Waals surface area contributed by atoms with Gasteiger partial charge in [0.15, 0.2) is 17.7 Å². The summed E-state index contributed by atoms with van der Waals surface area (Å²) >= 11 is 0. The number of Topliss-reactive ketones (excluding diaryl/α,β-unsaturated/α-hetero) is 3. The molecule has 0 bridgehead atoms. The van der Waals surface area contributed by atoms with Gasteiger partial charge in [-0.15, -0.1) is 0 Å². The molecule has 8 nitrogen and oxygen atoms in total. The second-order valence-corrected chi connectivity index (χ2v) is 8.01. The van der Waals surface area contributed by atoms with Crippen molar-refractivity contribution in [1.82, 2.24) is 0 Å². The van der Waals surface area contributed by atoms with E-state index in [-0.39, 0.29) is 16.7 Å². The average molecular weight is 462 g/mol. The van der Waals surface area contributed by atoms with Gasteiger partial charge in [0.05, 0.1) is 0 Å². The van der Waals surface area contributed by atoms with Crippen molar-refractivity contribution < 1.29 is 39.5 Å². The van der Waals surface area contributed by atoms with Gasteiger partial charge >= 0.3 is 0 Å². The second-order valence-electron chi connectivity index (χ2n) is 8.01. The van der Waals surface area contributed by atoms with Crippen molar-refractivity contribution in [3.63, 3.8) is 0 Å². The molecule has 3 aromatic carbocycles. The lowest BCUT2D eigenvalue weighted by Gasteiger charge is -2.38. The predicted octanol–water partition coefficient (Wildman–Crippen LogP) is 1.18. The first-order valence-corrected chi connectivity index (χ1v) is 10.5. The van der Waals surface area contributed by atoms with Gasteiger partial charge in [0.25, 0.3) is 0 Å². The fourth-order valence-electron chi connectivity index (χ4n) is 4.16. The number of hydrogen-bond acceptors (Lipinski definition) is 8. The van der Waals surface area contributed by atoms with Gasteiger partial charge in [0, 0.05) is 16.7 Å². The lowest BCUT2D eigenvalue weighted by molar-refractivity contribution is -0.163. The standard InChI is InChI=1S/C26H22O8/c27-19(16-10-4-1-5-11-16)20(28)23-25(32,21(29)17-12-6-2-7-13-17)26(33,24(31)34-23)22(30)18-14-8-3-9-15-18/h1-15,20,23-24,28,31-33H/t20?,23-,24?,25-,26+/m1/s1. The van der Waals surface area contributed by atoms with E-state index in [4.69, 9.17) is 4.74 Å². The Balaban J connectivity index is 1.86. The van der Waals surface area contributed by atoms with E-state index in [1.165, 1.54) is 60.7 Å². The Kier molecular flexibility index (Phi) is 6.26. The molecule has 3 aromatic rings. The smallest absolute Gasteiger partial charge is 0.217 e. The van der Waals surface area contributed by atoms with E-state index in [0.717, 1.165) is 0 Å². The van der Waals surface area contributed by atoms with E-state index < -0.39 is 47.0 Å². The summed E-state index contributed by atoms with van der Waals surface area (Å²) in [4.78, 5) is 39.9. The zero-order valence-corrected chi connectivity index (χ0v) is 17.8. The maximum atomic E-state index is 13.6. The summed E-state index contributed by atoms with van der Waals surface area (Å²) in [5.74, 6) is -3.36. The van der Waals surface area contributed by atoms with Crippen molar-refractivity contribution in [3.05, 3.63) is 108 Å². The molecular weight excluding hydrogens is 440 g/mol. The van der Waals surface area contributed by atoms with Crippen LogP contribution in [0.2, 0.25) is 0 Å². The molecule has 4 N–H and O–H groups in total. The lowest BCUT2D eigenvalue weighted by atomic mass is 9.70. The van der Waals surface area contributed by atoms with Gasteiger partial charge in [0.2, 0.25) is 17.2 Å². The number of ketones is 3. The van der Waals surface area contributed by atoms with Crippen LogP contribution < -0.4 is 0 Å². The van der Waals surface area contributed by atoms with Crippen LogP contribution in [0.1, 0.15) is 31.1 Å². The lowest BCUT2D eigenvalue weighted by Crippen LogP contribution is -2.69. The number of carbonyl (C=O) groups excluding carboxylic acids is 3. The Morgan fingerprint density at radius 3 is 1.50 bits per heavy atom. The van der Waals surface area contributed by atoms with Crippen LogP contribution in [0, 0.1) is 0 Å². The highest BCUT2D eigenvalue weighted by Gasteiger charge is 2.75. The van der Waals surface area contributed by atoms with Crippen molar-refractivity contribution in [2.45, 2.75) is 29.7 Å². The average Bonchev–Trinajstić information content (AvgIpc) is 3.10. The van der Waals surface area contributed by atoms with Gasteiger partial charge in [-0.05, 0) is 0 Å². The minimum absolute atomic E-state index is 0.0347. The fourth-order valence-corrected chi connectivity index (χ4v) is 4.16. The molecule has 2 unspecified atom stereocenters. The van der Waals surface area contributed by atoms with Crippen LogP contribution in [-0.4, -0.2) is 67.5 Å². The molecule has 0 amide bonds. The number of aliphatic hydroxyl groups excluding tert-OH is 2. The Morgan fingerprint density at radius 2 is 1.06 bits per heavy atom. The number of carbonyl (C=O) groups is 3. The van der Waals surface area contributed by atoms with Crippen LogP contribution >= 0.6 is 0 Å². The molecular formula is C26H22O8. The maximum Gasteiger partial charge on any atom is 0.217 e. The summed E-state index contributed by atoms with van der Waals surface area (Å²) in [7, 11) is 0. The third kappa shape index (κ3) is 3.58. The van der Waals surface area contributed by atoms with Crippen LogP contribution in [0.5, 0.6) is 0 Å². The number of aliphatic hydroxyl groups is 4. The highest BCUT2D eigenvalue weighted by Crippen LogP contribution is 2.45. The SMILES string of the molecule is O=C(c1ccccc1)C(O)[C@H]1OC(O)[C@@](O)(C(=O)c2ccccc2)[C@@]1(O)C(=O)c1ccccc1. The maximum absolute atomic E-state index is 13.6. The van der Waals surface area contributed by atoms with Crippen LogP contribution in [0.4, 0.5) is 0 Å². The molecule has 174 valence electrons. The number of hydrogen-bond donors (Lipinski definition) is 4. The van der Waals surface area contributed by atoms with Crippen LogP contribution in [0.15, 0.2) is 91.0 Å². The Bertz CT molecular complexity index is 1200. The third-order valence-corrected chi connectivity index (χ3v) is 6.00. The molecule has 0 radical (unpaired) electrons. The second kappa shape index (κ2) is 9.02. The normalized spacial score (nSPS) is 27.2. The van der Waals surface area contributed by atoms with E-state index in [1.54, 1.807) is 30.3 Å². The zero-order chi connectivity index (χ0) is 24.5. The van der Waals surface area contributed by atoms with Crippen molar-refractivity contribution in [1.29, 1.82) is 0 Å². The Labute approximate surface area is 194 Å². The molecule has 0 aliphatic carbocycles. The number of benzene rings is 3. The molecule has 34 heavy (non-hydrogen) atoms. The molecule has 1 heterocycles.